The lowest BCUT2D eigenvalue weighted by molar-refractivity contribution is -0.143. The minimum Gasteiger partial charge on any atom is -0.490 e. The monoisotopic (exact) mass is 156 g/mol. The lowest BCUT2D eigenvalue weighted by atomic mass is 10.1. The van der Waals surface area contributed by atoms with Gasteiger partial charge in [-0.25, -0.2) is 4.79 Å². The molecule has 0 bridgehead atoms. The van der Waals surface area contributed by atoms with E-state index in [0.717, 1.165) is 0 Å². The Balaban J connectivity index is 2.67. The van der Waals surface area contributed by atoms with E-state index >= 15 is 0 Å². The fourth-order valence-corrected chi connectivity index (χ4v) is 0.913. The van der Waals surface area contributed by atoms with Crippen LogP contribution in [0.4, 0.5) is 0 Å². The van der Waals surface area contributed by atoms with Crippen LogP contribution in [-0.4, -0.2) is 19.2 Å². The second-order valence-corrected chi connectivity index (χ2v) is 2.85. The first kappa shape index (κ1) is 8.11. The molecule has 1 atom stereocenters. The zero-order valence-electron chi connectivity index (χ0n) is 6.96. The standard InChI is InChI=1S/C8H12O3/c1-5(2)6-4-7(10-3)8(9)11-6/h4-6H,1-3H3. The van der Waals surface area contributed by atoms with Crippen LogP contribution in [0.25, 0.3) is 0 Å². The highest BCUT2D eigenvalue weighted by Crippen LogP contribution is 2.19. The van der Waals surface area contributed by atoms with Crippen LogP contribution in [0.15, 0.2) is 11.8 Å². The van der Waals surface area contributed by atoms with E-state index in [1.807, 2.05) is 13.8 Å². The van der Waals surface area contributed by atoms with Gasteiger partial charge >= 0.3 is 5.97 Å². The van der Waals surface area contributed by atoms with Crippen LogP contribution < -0.4 is 0 Å². The van der Waals surface area contributed by atoms with Crippen LogP contribution in [0.1, 0.15) is 13.8 Å². The molecule has 1 aliphatic rings. The van der Waals surface area contributed by atoms with Crippen LogP contribution in [-0.2, 0) is 14.3 Å². The first-order valence-electron chi connectivity index (χ1n) is 3.62. The van der Waals surface area contributed by atoms with Gasteiger partial charge < -0.3 is 9.47 Å². The third-order valence-corrected chi connectivity index (χ3v) is 1.64. The Hall–Kier alpha value is -0.990. The summed E-state index contributed by atoms with van der Waals surface area (Å²) in [4.78, 5) is 10.9. The van der Waals surface area contributed by atoms with E-state index in [0.29, 0.717) is 11.7 Å². The van der Waals surface area contributed by atoms with Crippen molar-refractivity contribution >= 4 is 5.97 Å². The van der Waals surface area contributed by atoms with Gasteiger partial charge in [0.05, 0.1) is 7.11 Å². The largest absolute Gasteiger partial charge is 0.490 e. The van der Waals surface area contributed by atoms with Crippen molar-refractivity contribution in [3.8, 4) is 0 Å². The zero-order chi connectivity index (χ0) is 8.43. The molecule has 0 aliphatic carbocycles. The Kier molecular flexibility index (Phi) is 2.17. The smallest absolute Gasteiger partial charge is 0.373 e. The SMILES string of the molecule is COC1=CC(C(C)C)OC1=O. The van der Waals surface area contributed by atoms with E-state index in [4.69, 9.17) is 9.47 Å². The molecule has 0 aromatic heterocycles. The average molecular weight is 156 g/mol. The van der Waals surface area contributed by atoms with Crippen LogP contribution in [0, 0.1) is 5.92 Å². The van der Waals surface area contributed by atoms with Gasteiger partial charge in [0.15, 0.2) is 0 Å². The van der Waals surface area contributed by atoms with E-state index in [9.17, 15) is 4.79 Å². The lowest BCUT2D eigenvalue weighted by Gasteiger charge is -2.09. The van der Waals surface area contributed by atoms with Gasteiger partial charge in [0.2, 0.25) is 5.76 Å². The van der Waals surface area contributed by atoms with E-state index in [1.54, 1.807) is 6.08 Å². The number of cyclic esters (lactones) is 1. The summed E-state index contributed by atoms with van der Waals surface area (Å²) in [6.45, 7) is 3.99. The number of ether oxygens (including phenoxy) is 2. The van der Waals surface area contributed by atoms with Gasteiger partial charge in [0, 0.05) is 6.08 Å². The number of carbonyl (C=O) groups excluding carboxylic acids is 1. The van der Waals surface area contributed by atoms with Gasteiger partial charge in [-0.1, -0.05) is 13.8 Å². The number of esters is 1. The van der Waals surface area contributed by atoms with Crippen molar-refractivity contribution in [3.05, 3.63) is 11.8 Å². The van der Waals surface area contributed by atoms with Crippen LogP contribution in [0.2, 0.25) is 0 Å². The number of methoxy groups -OCH3 is 1. The van der Waals surface area contributed by atoms with Gasteiger partial charge in [0.25, 0.3) is 0 Å². The third-order valence-electron chi connectivity index (χ3n) is 1.64. The van der Waals surface area contributed by atoms with Gasteiger partial charge in [-0.2, -0.15) is 0 Å². The van der Waals surface area contributed by atoms with Crippen molar-refractivity contribution in [3.63, 3.8) is 0 Å². The Bertz CT molecular complexity index is 194. The maximum Gasteiger partial charge on any atom is 0.373 e. The zero-order valence-corrected chi connectivity index (χ0v) is 6.96. The summed E-state index contributed by atoms with van der Waals surface area (Å²) in [7, 11) is 1.47. The Morgan fingerprint density at radius 3 is 2.55 bits per heavy atom. The fraction of sp³-hybridized carbons (Fsp3) is 0.625. The van der Waals surface area contributed by atoms with Crippen molar-refractivity contribution in [2.24, 2.45) is 5.92 Å². The molecule has 1 unspecified atom stereocenters. The molecule has 0 fully saturated rings. The summed E-state index contributed by atoms with van der Waals surface area (Å²) >= 11 is 0. The first-order chi connectivity index (χ1) is 5.15. The highest BCUT2D eigenvalue weighted by molar-refractivity contribution is 5.88. The molecule has 0 aromatic carbocycles. The minimum atomic E-state index is -0.355. The number of carbonyl (C=O) groups is 1. The molecule has 0 saturated heterocycles. The topological polar surface area (TPSA) is 35.5 Å². The van der Waals surface area contributed by atoms with E-state index < -0.39 is 0 Å². The van der Waals surface area contributed by atoms with Crippen molar-refractivity contribution in [2.75, 3.05) is 7.11 Å². The molecule has 0 amide bonds. The molecule has 11 heavy (non-hydrogen) atoms. The molecular formula is C8H12O3. The predicted molar refractivity (Wildman–Crippen MR) is 39.8 cm³/mol. The molecule has 0 N–H and O–H groups in total. The highest BCUT2D eigenvalue weighted by atomic mass is 16.6. The van der Waals surface area contributed by atoms with Crippen LogP contribution in [0.5, 0.6) is 0 Å². The highest BCUT2D eigenvalue weighted by Gasteiger charge is 2.28. The molecule has 1 rings (SSSR count). The molecule has 1 aliphatic heterocycles. The van der Waals surface area contributed by atoms with E-state index in [1.165, 1.54) is 7.11 Å². The molecule has 0 spiro atoms. The van der Waals surface area contributed by atoms with Gasteiger partial charge in [0.1, 0.15) is 6.10 Å². The molecule has 62 valence electrons. The molecule has 1 heterocycles. The fourth-order valence-electron chi connectivity index (χ4n) is 0.913. The second kappa shape index (κ2) is 2.95. The molecular weight excluding hydrogens is 144 g/mol. The normalized spacial score (nSPS) is 23.5. The Morgan fingerprint density at radius 1 is 1.64 bits per heavy atom. The number of rotatable bonds is 2. The van der Waals surface area contributed by atoms with Gasteiger partial charge in [-0.3, -0.25) is 0 Å². The molecule has 0 radical (unpaired) electrons. The van der Waals surface area contributed by atoms with Crippen molar-refractivity contribution in [1.82, 2.24) is 0 Å². The summed E-state index contributed by atoms with van der Waals surface area (Å²) in [5.41, 5.74) is 0. The number of hydrogen-bond acceptors (Lipinski definition) is 3. The maximum absolute atomic E-state index is 10.9. The quantitative estimate of drug-likeness (QED) is 0.561. The predicted octanol–water partition coefficient (Wildman–Crippen LogP) is 1.10. The van der Waals surface area contributed by atoms with Crippen LogP contribution >= 0.6 is 0 Å². The van der Waals surface area contributed by atoms with E-state index in [-0.39, 0.29) is 12.1 Å². The number of hydrogen-bond donors (Lipinski definition) is 0. The molecule has 3 heteroatoms. The molecule has 0 saturated carbocycles. The molecule has 0 aromatic rings. The average Bonchev–Trinajstić information content (AvgIpc) is 2.31. The van der Waals surface area contributed by atoms with Crippen LogP contribution in [0.3, 0.4) is 0 Å². The van der Waals surface area contributed by atoms with E-state index in [2.05, 4.69) is 0 Å². The maximum atomic E-state index is 10.9. The summed E-state index contributed by atoms with van der Waals surface area (Å²) in [6, 6.07) is 0. The van der Waals surface area contributed by atoms with Gasteiger partial charge in [-0.05, 0) is 5.92 Å². The Labute approximate surface area is 66.0 Å². The summed E-state index contributed by atoms with van der Waals surface area (Å²) < 4.78 is 9.76. The summed E-state index contributed by atoms with van der Waals surface area (Å²) in [5.74, 6) is 0.279. The minimum absolute atomic E-state index is 0.113. The summed E-state index contributed by atoms with van der Waals surface area (Å²) in [6.07, 6.45) is 1.60. The Morgan fingerprint density at radius 2 is 2.27 bits per heavy atom. The third kappa shape index (κ3) is 1.53. The van der Waals surface area contributed by atoms with Crippen molar-refractivity contribution < 1.29 is 14.3 Å². The second-order valence-electron chi connectivity index (χ2n) is 2.85. The van der Waals surface area contributed by atoms with Crippen molar-refractivity contribution in [2.45, 2.75) is 20.0 Å². The first-order valence-corrected chi connectivity index (χ1v) is 3.62. The van der Waals surface area contributed by atoms with Gasteiger partial charge in [-0.15, -0.1) is 0 Å². The summed E-state index contributed by atoms with van der Waals surface area (Å²) in [5, 5.41) is 0. The lowest BCUT2D eigenvalue weighted by Crippen LogP contribution is -2.14. The van der Waals surface area contributed by atoms with Crippen molar-refractivity contribution in [1.29, 1.82) is 0 Å². The molecule has 3 nitrogen and oxygen atoms in total.